The molecule has 4 N–H and O–H groups in total. The zero-order chi connectivity index (χ0) is 8.20. The van der Waals surface area contributed by atoms with Gasteiger partial charge in [-0.25, -0.2) is 4.79 Å². The lowest BCUT2D eigenvalue weighted by Crippen LogP contribution is -2.37. The van der Waals surface area contributed by atoms with Gasteiger partial charge in [-0.3, -0.25) is 0 Å². The molecule has 0 aliphatic rings. The molecular formula is C6H17N2O3+. The van der Waals surface area contributed by atoms with Crippen molar-refractivity contribution in [2.75, 3.05) is 34.3 Å². The molecule has 68 valence electrons. The normalized spacial score (nSPS) is 10.1. The molecule has 0 spiro atoms. The van der Waals surface area contributed by atoms with Crippen LogP contribution in [0.4, 0.5) is 4.79 Å². The van der Waals surface area contributed by atoms with E-state index in [0.29, 0.717) is 11.0 Å². The number of quaternary nitrogens is 1. The van der Waals surface area contributed by atoms with E-state index in [4.69, 9.17) is 5.11 Å². The third-order valence-corrected chi connectivity index (χ3v) is 0.988. The second kappa shape index (κ2) is 4.92. The van der Waals surface area contributed by atoms with Crippen LogP contribution in [0.3, 0.4) is 0 Å². The van der Waals surface area contributed by atoms with Crippen LogP contribution in [0.15, 0.2) is 0 Å². The van der Waals surface area contributed by atoms with E-state index in [9.17, 15) is 4.79 Å². The minimum atomic E-state index is -1.20. The predicted octanol–water partition coefficient (Wildman–Crippen LogP) is 0.549. The fourth-order valence-electron chi connectivity index (χ4n) is 0.407. The van der Waals surface area contributed by atoms with Crippen LogP contribution in [-0.2, 0) is 4.74 Å². The van der Waals surface area contributed by atoms with Crippen molar-refractivity contribution in [1.29, 1.82) is 0 Å². The zero-order valence-electron chi connectivity index (χ0n) is 7.33. The van der Waals surface area contributed by atoms with E-state index >= 15 is 0 Å². The standard InChI is InChI=1S/C6H13NO3.H3N/c1-7(2,3)4-5-10-6(8)9;/h4-5H2,1-3H3;1H3/p+1. The molecular weight excluding hydrogens is 148 g/mol. The maximum atomic E-state index is 9.86. The first-order valence-electron chi connectivity index (χ1n) is 3.08. The third-order valence-electron chi connectivity index (χ3n) is 0.988. The summed E-state index contributed by atoms with van der Waals surface area (Å²) in [5.41, 5.74) is 0. The van der Waals surface area contributed by atoms with Gasteiger partial charge in [0, 0.05) is 0 Å². The Balaban J connectivity index is 0. The van der Waals surface area contributed by atoms with Gasteiger partial charge in [-0.05, 0) is 0 Å². The molecule has 5 nitrogen and oxygen atoms in total. The molecule has 0 aromatic heterocycles. The first-order valence-corrected chi connectivity index (χ1v) is 3.08. The molecule has 5 heteroatoms. The van der Waals surface area contributed by atoms with Crippen LogP contribution in [0, 0.1) is 0 Å². The van der Waals surface area contributed by atoms with Gasteiger partial charge in [-0.1, -0.05) is 0 Å². The summed E-state index contributed by atoms with van der Waals surface area (Å²) >= 11 is 0. The molecule has 0 saturated heterocycles. The molecule has 0 fully saturated rings. The van der Waals surface area contributed by atoms with E-state index in [1.165, 1.54) is 0 Å². The van der Waals surface area contributed by atoms with E-state index in [-0.39, 0.29) is 12.8 Å². The summed E-state index contributed by atoms with van der Waals surface area (Å²) < 4.78 is 5.03. The molecule has 0 amide bonds. The molecule has 0 aliphatic carbocycles. The molecule has 0 aliphatic heterocycles. The average Bonchev–Trinajstić information content (AvgIpc) is 1.59. The Hall–Kier alpha value is -0.810. The summed E-state index contributed by atoms with van der Waals surface area (Å²) in [7, 11) is 5.93. The fourth-order valence-corrected chi connectivity index (χ4v) is 0.407. The minimum Gasteiger partial charge on any atom is -0.450 e. The summed E-state index contributed by atoms with van der Waals surface area (Å²) in [6.07, 6.45) is -1.20. The van der Waals surface area contributed by atoms with Crippen molar-refractivity contribution in [3.05, 3.63) is 0 Å². The first-order chi connectivity index (χ1) is 4.42. The van der Waals surface area contributed by atoms with Crippen LogP contribution in [0.5, 0.6) is 0 Å². The lowest BCUT2D eigenvalue weighted by atomic mass is 10.5. The Bertz CT molecular complexity index is 119. The lowest BCUT2D eigenvalue weighted by molar-refractivity contribution is -0.870. The van der Waals surface area contributed by atoms with E-state index < -0.39 is 6.16 Å². The SMILES string of the molecule is C[N+](C)(C)CCOC(=O)O.N. The van der Waals surface area contributed by atoms with Crippen LogP contribution in [0.25, 0.3) is 0 Å². The number of hydrogen-bond donors (Lipinski definition) is 2. The monoisotopic (exact) mass is 165 g/mol. The molecule has 0 unspecified atom stereocenters. The van der Waals surface area contributed by atoms with Gasteiger partial charge in [0.1, 0.15) is 13.2 Å². The average molecular weight is 165 g/mol. The van der Waals surface area contributed by atoms with Crippen molar-refractivity contribution in [2.24, 2.45) is 0 Å². The van der Waals surface area contributed by atoms with Crippen LogP contribution in [0.1, 0.15) is 0 Å². The van der Waals surface area contributed by atoms with Crippen LogP contribution in [-0.4, -0.2) is 50.0 Å². The highest BCUT2D eigenvalue weighted by atomic mass is 16.7. The number of carboxylic acid groups (broad SMARTS) is 1. The van der Waals surface area contributed by atoms with Crippen molar-refractivity contribution in [3.8, 4) is 0 Å². The van der Waals surface area contributed by atoms with Crippen LogP contribution in [0.2, 0.25) is 0 Å². The maximum Gasteiger partial charge on any atom is 0.505 e. The number of likely N-dealkylation sites (N-methyl/N-ethyl adjacent to an activating group) is 1. The van der Waals surface area contributed by atoms with Crippen molar-refractivity contribution in [1.82, 2.24) is 6.15 Å². The molecule has 0 heterocycles. The zero-order valence-corrected chi connectivity index (χ0v) is 7.33. The number of nitrogens with zero attached hydrogens (tertiary/aromatic N) is 1. The molecule has 0 saturated carbocycles. The number of rotatable bonds is 3. The maximum absolute atomic E-state index is 9.86. The summed E-state index contributed by atoms with van der Waals surface area (Å²) in [6.45, 7) is 0.963. The molecule has 0 atom stereocenters. The Morgan fingerprint density at radius 2 is 1.91 bits per heavy atom. The van der Waals surface area contributed by atoms with Gasteiger partial charge in [-0.15, -0.1) is 0 Å². The van der Waals surface area contributed by atoms with Gasteiger partial charge in [-0.2, -0.15) is 0 Å². The summed E-state index contributed by atoms with van der Waals surface area (Å²) in [5, 5.41) is 8.08. The van der Waals surface area contributed by atoms with E-state index in [1.807, 2.05) is 21.1 Å². The van der Waals surface area contributed by atoms with Gasteiger partial charge < -0.3 is 20.5 Å². The molecule has 11 heavy (non-hydrogen) atoms. The molecule has 0 aromatic carbocycles. The topological polar surface area (TPSA) is 81.5 Å². The Morgan fingerprint density at radius 1 is 1.45 bits per heavy atom. The molecule has 0 radical (unpaired) electrons. The second-order valence-electron chi connectivity index (χ2n) is 3.13. The van der Waals surface area contributed by atoms with E-state index in [1.54, 1.807) is 0 Å². The highest BCUT2D eigenvalue weighted by Gasteiger charge is 2.07. The highest BCUT2D eigenvalue weighted by molar-refractivity contribution is 5.56. The lowest BCUT2D eigenvalue weighted by Gasteiger charge is -2.22. The predicted molar refractivity (Wildman–Crippen MR) is 41.9 cm³/mol. The van der Waals surface area contributed by atoms with E-state index in [2.05, 4.69) is 4.74 Å². The van der Waals surface area contributed by atoms with Gasteiger partial charge in [0.15, 0.2) is 0 Å². The van der Waals surface area contributed by atoms with E-state index in [0.717, 1.165) is 0 Å². The fraction of sp³-hybridized carbons (Fsp3) is 0.833. The minimum absolute atomic E-state index is 0. The molecule has 0 bridgehead atoms. The van der Waals surface area contributed by atoms with Crippen LogP contribution < -0.4 is 6.15 Å². The van der Waals surface area contributed by atoms with Crippen molar-refractivity contribution in [3.63, 3.8) is 0 Å². The van der Waals surface area contributed by atoms with Crippen molar-refractivity contribution >= 4 is 6.16 Å². The number of hydrogen-bond acceptors (Lipinski definition) is 3. The van der Waals surface area contributed by atoms with Gasteiger partial charge in [0.25, 0.3) is 0 Å². The molecule has 0 rings (SSSR count). The molecule has 0 aromatic rings. The quantitative estimate of drug-likeness (QED) is 0.472. The summed E-state index contributed by atoms with van der Waals surface area (Å²) in [4.78, 5) is 9.86. The Labute approximate surface area is 66.7 Å². The number of ether oxygens (including phenoxy) is 1. The highest BCUT2D eigenvalue weighted by Crippen LogP contribution is 1.88. The van der Waals surface area contributed by atoms with Gasteiger partial charge >= 0.3 is 6.16 Å². The largest absolute Gasteiger partial charge is 0.505 e. The summed E-state index contributed by atoms with van der Waals surface area (Å²) in [5.74, 6) is 0. The number of carbonyl (C=O) groups is 1. The van der Waals surface area contributed by atoms with Gasteiger partial charge in [0.2, 0.25) is 0 Å². The summed E-state index contributed by atoms with van der Waals surface area (Å²) in [6, 6.07) is 0. The Kier molecular flexibility index (Phi) is 5.74. The Morgan fingerprint density at radius 3 is 2.18 bits per heavy atom. The van der Waals surface area contributed by atoms with Gasteiger partial charge in [0.05, 0.1) is 21.1 Å². The van der Waals surface area contributed by atoms with Crippen molar-refractivity contribution < 1.29 is 19.1 Å². The van der Waals surface area contributed by atoms with Crippen molar-refractivity contribution in [2.45, 2.75) is 0 Å². The van der Waals surface area contributed by atoms with Crippen LogP contribution >= 0.6 is 0 Å². The second-order valence-corrected chi connectivity index (χ2v) is 3.13. The first kappa shape index (κ1) is 12.8. The third kappa shape index (κ3) is 12.4. The smallest absolute Gasteiger partial charge is 0.450 e.